The second kappa shape index (κ2) is 4.40. The maximum Gasteiger partial charge on any atom is 0.0490 e. The lowest BCUT2D eigenvalue weighted by Gasteiger charge is -2.39. The van der Waals surface area contributed by atoms with Crippen molar-refractivity contribution < 1.29 is 0 Å². The van der Waals surface area contributed by atoms with Crippen molar-refractivity contribution in [2.45, 2.75) is 0 Å². The normalized spacial score (nSPS) is 35.9. The summed E-state index contributed by atoms with van der Waals surface area (Å²) in [6.07, 6.45) is 1.85. The second-order valence-electron chi connectivity index (χ2n) is 4.15. The van der Waals surface area contributed by atoms with E-state index in [0.717, 1.165) is 0 Å². The zero-order valence-electron chi connectivity index (χ0n) is 8.04. The lowest BCUT2D eigenvalue weighted by atomic mass is 9.69. The Morgan fingerprint density at radius 3 is 1.94 bits per heavy atom. The van der Waals surface area contributed by atoms with Crippen molar-refractivity contribution in [2.24, 2.45) is 16.7 Å². The molecule has 0 spiro atoms. The Hall–Kier alpha value is 1.22. The molecule has 6 heteroatoms. The van der Waals surface area contributed by atoms with Gasteiger partial charge in [-0.2, -0.15) is 0 Å². The molecule has 16 heavy (non-hydrogen) atoms. The molecule has 0 aromatic rings. The van der Waals surface area contributed by atoms with Gasteiger partial charge in [0, 0.05) is 49.5 Å². The molecule has 0 N–H and O–H groups in total. The van der Waals surface area contributed by atoms with E-state index < -0.39 is 10.8 Å². The molecule has 2 bridgehead atoms. The van der Waals surface area contributed by atoms with Crippen LogP contribution in [0.1, 0.15) is 0 Å². The molecule has 2 aliphatic carbocycles. The van der Waals surface area contributed by atoms with E-state index in [4.69, 9.17) is 69.6 Å². The highest BCUT2D eigenvalue weighted by Gasteiger charge is 2.66. The first-order valence-corrected chi connectivity index (χ1v) is 7.36. The summed E-state index contributed by atoms with van der Waals surface area (Å²) in [4.78, 5) is 0. The largest absolute Gasteiger partial charge is 0.126 e. The van der Waals surface area contributed by atoms with E-state index in [1.54, 1.807) is 0 Å². The van der Waals surface area contributed by atoms with E-state index in [9.17, 15) is 0 Å². The number of halogens is 6. The van der Waals surface area contributed by atoms with Crippen molar-refractivity contribution in [1.82, 2.24) is 0 Å². The number of allylic oxidation sites excluding steroid dienone is 4. The van der Waals surface area contributed by atoms with Crippen molar-refractivity contribution in [3.8, 4) is 0 Å². The predicted octanol–water partition coefficient (Wildman–Crippen LogP) is 5.13. The molecule has 2 aliphatic rings. The van der Waals surface area contributed by atoms with Crippen molar-refractivity contribution in [1.29, 1.82) is 0 Å². The fraction of sp³-hybridized carbons (Fsp3) is 0.600. The molecular weight excluding hydrogens is 333 g/mol. The highest BCUT2D eigenvalue weighted by atomic mass is 35.5. The molecule has 2 unspecified atom stereocenters. The van der Waals surface area contributed by atoms with Crippen LogP contribution in [0.2, 0.25) is 0 Å². The van der Waals surface area contributed by atoms with E-state index in [2.05, 4.69) is 0 Å². The zero-order chi connectivity index (χ0) is 12.1. The SMILES string of the molecule is ClCC12C=C(Cl)C(C(Cl)=C1Cl)C2(CCl)CCl. The molecule has 2 atom stereocenters. The third-order valence-corrected chi connectivity index (χ3v) is 6.39. The van der Waals surface area contributed by atoms with Gasteiger partial charge >= 0.3 is 0 Å². The number of hydrogen-bond donors (Lipinski definition) is 0. The Kier molecular flexibility index (Phi) is 3.75. The van der Waals surface area contributed by atoms with Crippen LogP contribution in [0.4, 0.5) is 0 Å². The van der Waals surface area contributed by atoms with Crippen molar-refractivity contribution in [2.75, 3.05) is 17.6 Å². The summed E-state index contributed by atoms with van der Waals surface area (Å²) in [5.74, 6) is 0.686. The van der Waals surface area contributed by atoms with E-state index in [1.165, 1.54) is 0 Å². The van der Waals surface area contributed by atoms with Gasteiger partial charge in [-0.3, -0.25) is 0 Å². The van der Waals surface area contributed by atoms with Crippen molar-refractivity contribution in [3.05, 3.63) is 21.2 Å². The first-order chi connectivity index (χ1) is 7.50. The molecule has 0 fully saturated rings. The Morgan fingerprint density at radius 1 is 1.00 bits per heavy atom. The molecule has 0 saturated heterocycles. The molecule has 0 aromatic carbocycles. The van der Waals surface area contributed by atoms with Crippen LogP contribution >= 0.6 is 69.6 Å². The minimum atomic E-state index is -0.613. The molecule has 0 aromatic heterocycles. The Bertz CT molecular complexity index is 381. The number of hydrogen-bond acceptors (Lipinski definition) is 0. The maximum atomic E-state index is 6.27. The summed E-state index contributed by atoms with van der Waals surface area (Å²) >= 11 is 36.9. The Balaban J connectivity index is 2.64. The number of rotatable bonds is 3. The van der Waals surface area contributed by atoms with Gasteiger partial charge < -0.3 is 0 Å². The highest BCUT2D eigenvalue weighted by Crippen LogP contribution is 2.70. The fourth-order valence-corrected chi connectivity index (χ4v) is 5.72. The first-order valence-electron chi connectivity index (χ1n) is 4.62. The standard InChI is InChI=1S/C10H8Cl6/c11-2-9-1-5(14)6(7(15)8(9)16)10(9,3-12)4-13/h1,6H,2-4H2. The van der Waals surface area contributed by atoms with Crippen molar-refractivity contribution in [3.63, 3.8) is 0 Å². The Morgan fingerprint density at radius 2 is 1.56 bits per heavy atom. The van der Waals surface area contributed by atoms with Crippen LogP contribution in [0.15, 0.2) is 21.2 Å². The third kappa shape index (κ3) is 1.32. The molecule has 0 aliphatic heterocycles. The molecule has 0 heterocycles. The summed E-state index contributed by atoms with van der Waals surface area (Å²) in [5.41, 5.74) is -1.11. The monoisotopic (exact) mass is 338 g/mol. The van der Waals surface area contributed by atoms with Crippen LogP contribution in [-0.4, -0.2) is 17.6 Å². The summed E-state index contributed by atoms with van der Waals surface area (Å²) < 4.78 is 0. The van der Waals surface area contributed by atoms with Crippen LogP contribution in [0.25, 0.3) is 0 Å². The highest BCUT2D eigenvalue weighted by molar-refractivity contribution is 6.44. The van der Waals surface area contributed by atoms with E-state index >= 15 is 0 Å². The quantitative estimate of drug-likeness (QED) is 0.625. The molecule has 0 radical (unpaired) electrons. The molecule has 2 rings (SSSR count). The fourth-order valence-electron chi connectivity index (χ4n) is 2.63. The van der Waals surface area contributed by atoms with Gasteiger partial charge in [0.15, 0.2) is 0 Å². The van der Waals surface area contributed by atoms with Gasteiger partial charge in [-0.05, 0) is 0 Å². The van der Waals surface area contributed by atoms with Gasteiger partial charge in [0.1, 0.15) is 0 Å². The summed E-state index contributed by atoms with van der Waals surface area (Å²) in [6.45, 7) is 0. The van der Waals surface area contributed by atoms with Crippen LogP contribution in [0, 0.1) is 16.7 Å². The van der Waals surface area contributed by atoms with Crippen LogP contribution in [0.3, 0.4) is 0 Å². The summed E-state index contributed by atoms with van der Waals surface area (Å²) in [5, 5.41) is 1.69. The molecular formula is C10H8Cl6. The molecule has 0 saturated carbocycles. The lowest BCUT2D eigenvalue weighted by molar-refractivity contribution is 0.215. The second-order valence-corrected chi connectivity index (χ2v) is 6.18. The van der Waals surface area contributed by atoms with Crippen LogP contribution < -0.4 is 0 Å². The lowest BCUT2D eigenvalue weighted by Crippen LogP contribution is -2.43. The average Bonchev–Trinajstić information content (AvgIpc) is 2.65. The third-order valence-electron chi connectivity index (χ3n) is 3.64. The average molecular weight is 341 g/mol. The predicted molar refractivity (Wildman–Crippen MR) is 73.2 cm³/mol. The van der Waals surface area contributed by atoms with Crippen LogP contribution in [0.5, 0.6) is 0 Å². The maximum absolute atomic E-state index is 6.27. The van der Waals surface area contributed by atoms with Gasteiger partial charge in [-0.25, -0.2) is 0 Å². The van der Waals surface area contributed by atoms with Gasteiger partial charge in [-0.15, -0.1) is 34.8 Å². The number of alkyl halides is 3. The van der Waals surface area contributed by atoms with E-state index in [-0.39, 0.29) is 11.8 Å². The number of fused-ring (bicyclic) bond motifs is 2. The minimum Gasteiger partial charge on any atom is -0.126 e. The van der Waals surface area contributed by atoms with Gasteiger partial charge in [-0.1, -0.05) is 40.9 Å². The first kappa shape index (κ1) is 13.6. The summed E-state index contributed by atoms with van der Waals surface area (Å²) in [6, 6.07) is 0. The van der Waals surface area contributed by atoms with Gasteiger partial charge in [0.2, 0.25) is 0 Å². The van der Waals surface area contributed by atoms with Gasteiger partial charge in [0.25, 0.3) is 0 Å². The molecule has 90 valence electrons. The molecule has 0 amide bonds. The van der Waals surface area contributed by atoms with E-state index in [1.807, 2.05) is 6.08 Å². The minimum absolute atomic E-state index is 0.211. The van der Waals surface area contributed by atoms with Gasteiger partial charge in [0.05, 0.1) is 0 Å². The Labute approximate surface area is 124 Å². The van der Waals surface area contributed by atoms with Crippen LogP contribution in [-0.2, 0) is 0 Å². The topological polar surface area (TPSA) is 0 Å². The van der Waals surface area contributed by atoms with Crippen molar-refractivity contribution >= 4 is 69.6 Å². The smallest absolute Gasteiger partial charge is 0.0490 e. The van der Waals surface area contributed by atoms with E-state index in [0.29, 0.717) is 26.9 Å². The summed E-state index contributed by atoms with van der Waals surface area (Å²) in [7, 11) is 0. The zero-order valence-corrected chi connectivity index (χ0v) is 12.6. The molecule has 0 nitrogen and oxygen atoms in total.